The number of hydrogen-bond acceptors (Lipinski definition) is 2. The second kappa shape index (κ2) is 13.0. The van der Waals surface area contributed by atoms with Crippen molar-refractivity contribution >= 4 is 68.0 Å². The van der Waals surface area contributed by atoms with Gasteiger partial charge in [-0.2, -0.15) is 0 Å². The number of aryl methyl sites for hydroxylation is 2. The quantitative estimate of drug-likeness (QED) is 0.166. The van der Waals surface area contributed by atoms with Gasteiger partial charge in [0.15, 0.2) is 0 Å². The lowest BCUT2D eigenvalue weighted by Crippen LogP contribution is -2.61. The summed E-state index contributed by atoms with van der Waals surface area (Å²) in [7, 11) is 0. The van der Waals surface area contributed by atoms with Gasteiger partial charge >= 0.3 is 0 Å². The Bertz CT molecular complexity index is 2760. The monoisotopic (exact) mass is 754 g/mol. The third-order valence-electron chi connectivity index (χ3n) is 13.2. The van der Waals surface area contributed by atoms with E-state index in [9.17, 15) is 0 Å². The third-order valence-corrected chi connectivity index (χ3v) is 13.2. The van der Waals surface area contributed by atoms with Gasteiger partial charge in [0, 0.05) is 33.7 Å². The number of rotatable bonds is 3. The fraction of sp³-hybridized carbons (Fsp3) is 0.273. The van der Waals surface area contributed by atoms with E-state index >= 15 is 0 Å². The molecule has 0 saturated carbocycles. The predicted molar refractivity (Wildman–Crippen MR) is 252 cm³/mol. The van der Waals surface area contributed by atoms with Crippen LogP contribution in [0.1, 0.15) is 96.6 Å². The van der Waals surface area contributed by atoms with Crippen molar-refractivity contribution in [2.24, 2.45) is 0 Å². The SMILES string of the molecule is CC(C)(C)c1ccc(N2c3cc(C(C)(C)C)ccc3B3c4ccc(C(C)(C)C)cc4N(c4ccc5c6c(cccc46)CCC5)c4cccc2c43)c(-c2ccccc2)c1. The average molecular weight is 755 g/mol. The number of hydrogen-bond donors (Lipinski definition) is 0. The fourth-order valence-corrected chi connectivity index (χ4v) is 10.1. The van der Waals surface area contributed by atoms with E-state index in [2.05, 4.69) is 206 Å². The second-order valence-corrected chi connectivity index (χ2v) is 20.1. The molecular formula is C55H55BN2. The molecule has 288 valence electrons. The van der Waals surface area contributed by atoms with Gasteiger partial charge in [-0.15, -0.1) is 0 Å². The van der Waals surface area contributed by atoms with Crippen LogP contribution in [0.5, 0.6) is 0 Å². The maximum Gasteiger partial charge on any atom is 0.252 e. The van der Waals surface area contributed by atoms with Gasteiger partial charge in [-0.05, 0) is 133 Å². The smallest absolute Gasteiger partial charge is 0.252 e. The molecule has 0 radical (unpaired) electrons. The summed E-state index contributed by atoms with van der Waals surface area (Å²) < 4.78 is 0. The van der Waals surface area contributed by atoms with Crippen molar-refractivity contribution in [3.05, 3.63) is 161 Å². The van der Waals surface area contributed by atoms with Crippen LogP contribution in [0.15, 0.2) is 133 Å². The Labute approximate surface area is 346 Å². The zero-order valence-electron chi connectivity index (χ0n) is 35.8. The molecule has 0 N–H and O–H groups in total. The molecule has 0 bridgehead atoms. The number of anilines is 6. The normalized spacial score (nSPS) is 14.7. The fourth-order valence-electron chi connectivity index (χ4n) is 10.1. The molecule has 0 spiro atoms. The van der Waals surface area contributed by atoms with Crippen LogP contribution in [-0.2, 0) is 29.1 Å². The average Bonchev–Trinajstić information content (AvgIpc) is 3.20. The van der Waals surface area contributed by atoms with Crippen molar-refractivity contribution in [2.45, 2.75) is 97.8 Å². The molecule has 58 heavy (non-hydrogen) atoms. The minimum absolute atomic E-state index is 0.00130. The largest absolute Gasteiger partial charge is 0.311 e. The predicted octanol–water partition coefficient (Wildman–Crippen LogP) is 13.0. The van der Waals surface area contributed by atoms with Gasteiger partial charge in [-0.1, -0.05) is 153 Å². The van der Waals surface area contributed by atoms with E-state index in [1.54, 1.807) is 0 Å². The first kappa shape index (κ1) is 36.8. The lowest BCUT2D eigenvalue weighted by molar-refractivity contribution is 0.590. The highest BCUT2D eigenvalue weighted by atomic mass is 15.2. The molecule has 7 aromatic carbocycles. The van der Waals surface area contributed by atoms with Gasteiger partial charge < -0.3 is 9.80 Å². The van der Waals surface area contributed by atoms with Crippen LogP contribution in [-0.4, -0.2) is 6.71 Å². The summed E-state index contributed by atoms with van der Waals surface area (Å²) in [6, 6.07) is 51.9. The van der Waals surface area contributed by atoms with Crippen LogP contribution in [0.25, 0.3) is 21.9 Å². The summed E-state index contributed by atoms with van der Waals surface area (Å²) in [5, 5.41) is 2.81. The Kier molecular flexibility index (Phi) is 8.24. The molecule has 0 unspecified atom stereocenters. The summed E-state index contributed by atoms with van der Waals surface area (Å²) in [6.07, 6.45) is 3.50. The molecular weight excluding hydrogens is 699 g/mol. The number of fused-ring (bicyclic) bond motifs is 4. The molecule has 2 heterocycles. The van der Waals surface area contributed by atoms with Gasteiger partial charge in [0.1, 0.15) is 0 Å². The summed E-state index contributed by atoms with van der Waals surface area (Å²) >= 11 is 0. The van der Waals surface area contributed by atoms with E-state index in [1.807, 2.05) is 0 Å². The molecule has 3 aliphatic rings. The Hall–Kier alpha value is -5.54. The molecule has 0 atom stereocenters. The van der Waals surface area contributed by atoms with Crippen LogP contribution in [0, 0.1) is 0 Å². The lowest BCUT2D eigenvalue weighted by atomic mass is 9.33. The van der Waals surface area contributed by atoms with Crippen molar-refractivity contribution in [1.29, 1.82) is 0 Å². The van der Waals surface area contributed by atoms with Crippen molar-refractivity contribution in [2.75, 3.05) is 9.80 Å². The molecule has 0 saturated heterocycles. The first-order valence-corrected chi connectivity index (χ1v) is 21.4. The van der Waals surface area contributed by atoms with E-state index in [0.29, 0.717) is 0 Å². The zero-order valence-corrected chi connectivity index (χ0v) is 35.8. The van der Waals surface area contributed by atoms with Gasteiger partial charge in [-0.25, -0.2) is 0 Å². The molecule has 2 aliphatic heterocycles. The maximum atomic E-state index is 2.63. The summed E-state index contributed by atoms with van der Waals surface area (Å²) in [6.45, 7) is 21.1. The standard InChI is InChI=1S/C55H55BN2/c1-53(2,3)38-27-31-46(42(32-38)35-16-11-10-12-17-35)58-48-23-15-22-47-52(48)56(44-29-26-40(34-50(44)58)55(7,8)9)43-28-25-39(54(4,5)6)33-49(43)57(47)45-30-24-37-19-13-18-36-20-14-21-41(45)51(36)37/h10-12,14-17,20-34H,13,18-19H2,1-9H3. The van der Waals surface area contributed by atoms with Crippen LogP contribution in [0.4, 0.5) is 34.1 Å². The maximum absolute atomic E-state index is 2.63. The van der Waals surface area contributed by atoms with Crippen molar-refractivity contribution in [3.8, 4) is 11.1 Å². The van der Waals surface area contributed by atoms with Crippen LogP contribution < -0.4 is 26.2 Å². The highest BCUT2D eigenvalue weighted by molar-refractivity contribution is 7.00. The van der Waals surface area contributed by atoms with Gasteiger partial charge in [0.25, 0.3) is 6.71 Å². The van der Waals surface area contributed by atoms with Crippen LogP contribution in [0.3, 0.4) is 0 Å². The molecule has 7 aromatic rings. The molecule has 3 heteroatoms. The third kappa shape index (κ3) is 5.76. The number of benzene rings is 7. The van der Waals surface area contributed by atoms with Crippen LogP contribution in [0.2, 0.25) is 0 Å². The van der Waals surface area contributed by atoms with E-state index < -0.39 is 0 Å². The summed E-state index contributed by atoms with van der Waals surface area (Å²) in [4.78, 5) is 5.24. The first-order valence-electron chi connectivity index (χ1n) is 21.4. The Morgan fingerprint density at radius 2 is 0.948 bits per heavy atom. The topological polar surface area (TPSA) is 6.48 Å². The Morgan fingerprint density at radius 3 is 1.55 bits per heavy atom. The van der Waals surface area contributed by atoms with Gasteiger partial charge in [0.2, 0.25) is 0 Å². The Morgan fingerprint density at radius 1 is 0.431 bits per heavy atom. The van der Waals surface area contributed by atoms with Crippen molar-refractivity contribution < 1.29 is 0 Å². The van der Waals surface area contributed by atoms with E-state index in [0.717, 1.165) is 12.8 Å². The van der Waals surface area contributed by atoms with Crippen LogP contribution >= 0.6 is 0 Å². The molecule has 10 rings (SSSR count). The number of nitrogens with zero attached hydrogens (tertiary/aromatic N) is 2. The Balaban J connectivity index is 1.31. The highest BCUT2D eigenvalue weighted by Crippen LogP contribution is 2.49. The molecule has 0 aromatic heterocycles. The molecule has 2 nitrogen and oxygen atoms in total. The van der Waals surface area contributed by atoms with E-state index in [4.69, 9.17) is 0 Å². The summed E-state index contributed by atoms with van der Waals surface area (Å²) in [5.41, 5.74) is 21.1. The molecule has 1 aliphatic carbocycles. The minimum Gasteiger partial charge on any atom is -0.311 e. The first-order chi connectivity index (χ1) is 27.7. The molecule has 0 amide bonds. The minimum atomic E-state index is -0.0152. The van der Waals surface area contributed by atoms with Crippen molar-refractivity contribution in [1.82, 2.24) is 0 Å². The lowest BCUT2D eigenvalue weighted by Gasteiger charge is -2.45. The summed E-state index contributed by atoms with van der Waals surface area (Å²) in [5.74, 6) is 0. The van der Waals surface area contributed by atoms with E-state index in [-0.39, 0.29) is 23.0 Å². The molecule has 0 fully saturated rings. The van der Waals surface area contributed by atoms with Gasteiger partial charge in [-0.3, -0.25) is 0 Å². The van der Waals surface area contributed by atoms with Gasteiger partial charge in [0.05, 0.1) is 11.4 Å². The van der Waals surface area contributed by atoms with Crippen molar-refractivity contribution in [3.63, 3.8) is 0 Å². The zero-order chi connectivity index (χ0) is 40.3. The second-order valence-electron chi connectivity index (χ2n) is 20.1. The highest BCUT2D eigenvalue weighted by Gasteiger charge is 2.44. The van der Waals surface area contributed by atoms with E-state index in [1.165, 1.54) is 107 Å².